The molecule has 1 atom stereocenters. The molecule has 0 aliphatic heterocycles. The summed E-state index contributed by atoms with van der Waals surface area (Å²) in [4.78, 5) is 22.4. The van der Waals surface area contributed by atoms with Crippen LogP contribution >= 0.6 is 12.4 Å². The Balaban J connectivity index is 0.00000400. The standard InChI is InChI=1S/C12H17N3O5.ClH/c1-7(6-13)14-12(16)8-4-10(19-2)11(20-3)5-9(8)15(17)18;/h4-5,7H,6,13H2,1-3H3,(H,14,16);1H/t7-;/m1./s1. The van der Waals surface area contributed by atoms with E-state index in [0.29, 0.717) is 0 Å². The van der Waals surface area contributed by atoms with Crippen molar-refractivity contribution >= 4 is 24.0 Å². The minimum absolute atomic E-state index is 0. The number of ether oxygens (including phenoxy) is 2. The number of hydrogen-bond donors (Lipinski definition) is 2. The third-order valence-corrected chi connectivity index (χ3v) is 2.67. The molecular formula is C12H18ClN3O5. The second-order valence-corrected chi connectivity index (χ2v) is 4.09. The maximum absolute atomic E-state index is 12.0. The number of carbonyl (C=O) groups excluding carboxylic acids is 1. The molecule has 8 nitrogen and oxygen atoms in total. The highest BCUT2D eigenvalue weighted by Crippen LogP contribution is 2.34. The summed E-state index contributed by atoms with van der Waals surface area (Å²) in [6.07, 6.45) is 0. The van der Waals surface area contributed by atoms with Crippen LogP contribution in [0.15, 0.2) is 12.1 Å². The third-order valence-electron chi connectivity index (χ3n) is 2.67. The normalized spacial score (nSPS) is 11.0. The van der Waals surface area contributed by atoms with Crippen molar-refractivity contribution in [3.63, 3.8) is 0 Å². The second-order valence-electron chi connectivity index (χ2n) is 4.09. The SMILES string of the molecule is COc1cc(C(=O)N[C@H](C)CN)c([N+](=O)[O-])cc1OC.Cl. The first-order valence-electron chi connectivity index (χ1n) is 5.85. The maximum atomic E-state index is 12.0. The first-order valence-corrected chi connectivity index (χ1v) is 5.85. The fraction of sp³-hybridized carbons (Fsp3) is 0.417. The first-order chi connectivity index (χ1) is 9.44. The number of halogens is 1. The van der Waals surface area contributed by atoms with E-state index in [1.165, 1.54) is 20.3 Å². The number of rotatable bonds is 6. The molecule has 0 aromatic heterocycles. The lowest BCUT2D eigenvalue weighted by molar-refractivity contribution is -0.385. The van der Waals surface area contributed by atoms with Crippen molar-refractivity contribution in [3.8, 4) is 11.5 Å². The first kappa shape index (κ1) is 18.9. The van der Waals surface area contributed by atoms with Crippen molar-refractivity contribution in [2.45, 2.75) is 13.0 Å². The van der Waals surface area contributed by atoms with Gasteiger partial charge in [-0.25, -0.2) is 0 Å². The summed E-state index contributed by atoms with van der Waals surface area (Å²) in [7, 11) is 2.74. The number of benzene rings is 1. The molecule has 0 aliphatic carbocycles. The summed E-state index contributed by atoms with van der Waals surface area (Å²) < 4.78 is 10.0. The fourth-order valence-electron chi connectivity index (χ4n) is 1.56. The van der Waals surface area contributed by atoms with Crippen LogP contribution in [0.3, 0.4) is 0 Å². The molecule has 9 heteroatoms. The maximum Gasteiger partial charge on any atom is 0.286 e. The Morgan fingerprint density at radius 2 is 1.90 bits per heavy atom. The Hall–Kier alpha value is -2.06. The zero-order valence-electron chi connectivity index (χ0n) is 11.9. The van der Waals surface area contributed by atoms with E-state index in [1.807, 2.05) is 0 Å². The molecule has 0 unspecified atom stereocenters. The summed E-state index contributed by atoms with van der Waals surface area (Å²) in [6.45, 7) is 1.93. The lowest BCUT2D eigenvalue weighted by atomic mass is 10.1. The molecule has 3 N–H and O–H groups in total. The molecule has 1 aromatic rings. The molecule has 0 radical (unpaired) electrons. The Morgan fingerprint density at radius 3 is 2.33 bits per heavy atom. The van der Waals surface area contributed by atoms with Gasteiger partial charge in [0.05, 0.1) is 25.2 Å². The van der Waals surface area contributed by atoms with Gasteiger partial charge >= 0.3 is 0 Å². The number of nitro groups is 1. The van der Waals surface area contributed by atoms with Crippen LogP contribution in [0.4, 0.5) is 5.69 Å². The van der Waals surface area contributed by atoms with Gasteiger partial charge in [0.25, 0.3) is 11.6 Å². The average molecular weight is 320 g/mol. The van der Waals surface area contributed by atoms with E-state index in [9.17, 15) is 14.9 Å². The molecule has 21 heavy (non-hydrogen) atoms. The van der Waals surface area contributed by atoms with Crippen LogP contribution in [0.1, 0.15) is 17.3 Å². The van der Waals surface area contributed by atoms with E-state index in [-0.39, 0.29) is 47.7 Å². The van der Waals surface area contributed by atoms with Crippen LogP contribution < -0.4 is 20.5 Å². The average Bonchev–Trinajstić information content (AvgIpc) is 2.45. The quantitative estimate of drug-likeness (QED) is 0.599. The molecule has 1 rings (SSSR count). The minimum Gasteiger partial charge on any atom is -0.493 e. The summed E-state index contributed by atoms with van der Waals surface area (Å²) in [5, 5.41) is 13.6. The highest BCUT2D eigenvalue weighted by atomic mass is 35.5. The minimum atomic E-state index is -0.649. The number of methoxy groups -OCH3 is 2. The monoisotopic (exact) mass is 319 g/mol. The number of carbonyl (C=O) groups is 1. The van der Waals surface area contributed by atoms with Gasteiger partial charge in [-0.05, 0) is 6.92 Å². The van der Waals surface area contributed by atoms with E-state index in [0.717, 1.165) is 6.07 Å². The van der Waals surface area contributed by atoms with Crippen molar-refractivity contribution in [3.05, 3.63) is 27.8 Å². The Bertz CT molecular complexity index is 524. The van der Waals surface area contributed by atoms with Crippen LogP contribution in [0, 0.1) is 10.1 Å². The van der Waals surface area contributed by atoms with Gasteiger partial charge in [-0.2, -0.15) is 0 Å². The second kappa shape index (κ2) is 8.28. The Morgan fingerprint density at radius 1 is 1.38 bits per heavy atom. The number of nitro benzene ring substituents is 1. The van der Waals surface area contributed by atoms with Gasteiger partial charge in [-0.3, -0.25) is 14.9 Å². The van der Waals surface area contributed by atoms with Gasteiger partial charge in [0.2, 0.25) is 0 Å². The van der Waals surface area contributed by atoms with Gasteiger partial charge in [-0.1, -0.05) is 0 Å². The highest BCUT2D eigenvalue weighted by molar-refractivity contribution is 5.99. The van der Waals surface area contributed by atoms with Gasteiger partial charge in [-0.15, -0.1) is 12.4 Å². The van der Waals surface area contributed by atoms with Crippen molar-refractivity contribution in [1.29, 1.82) is 0 Å². The predicted octanol–water partition coefficient (Wildman–Crippen LogP) is 1.11. The summed E-state index contributed by atoms with van der Waals surface area (Å²) in [5.74, 6) is -0.165. The lowest BCUT2D eigenvalue weighted by Gasteiger charge is -2.13. The Kier molecular flexibility index (Phi) is 7.46. The van der Waals surface area contributed by atoms with Crippen LogP contribution in [0.5, 0.6) is 11.5 Å². The molecule has 0 saturated carbocycles. The smallest absolute Gasteiger partial charge is 0.286 e. The molecule has 0 fully saturated rings. The topological polar surface area (TPSA) is 117 Å². The molecule has 1 amide bonds. The molecule has 1 aromatic carbocycles. The predicted molar refractivity (Wildman–Crippen MR) is 79.4 cm³/mol. The summed E-state index contributed by atoms with van der Waals surface area (Å²) >= 11 is 0. The van der Waals surface area contributed by atoms with Crippen molar-refractivity contribution < 1.29 is 19.2 Å². The molecule has 0 aliphatic rings. The van der Waals surface area contributed by atoms with Crippen molar-refractivity contribution in [2.75, 3.05) is 20.8 Å². The lowest BCUT2D eigenvalue weighted by Crippen LogP contribution is -2.38. The van der Waals surface area contributed by atoms with Crippen molar-refractivity contribution in [1.82, 2.24) is 5.32 Å². The van der Waals surface area contributed by atoms with Gasteiger partial charge in [0.1, 0.15) is 5.56 Å². The van der Waals surface area contributed by atoms with Crippen LogP contribution in [-0.4, -0.2) is 37.6 Å². The van der Waals surface area contributed by atoms with E-state index in [4.69, 9.17) is 15.2 Å². The van der Waals surface area contributed by atoms with Crippen LogP contribution in [0.25, 0.3) is 0 Å². The number of nitrogens with two attached hydrogens (primary N) is 1. The van der Waals surface area contributed by atoms with Crippen LogP contribution in [0.2, 0.25) is 0 Å². The highest BCUT2D eigenvalue weighted by Gasteiger charge is 2.25. The zero-order valence-corrected chi connectivity index (χ0v) is 12.7. The molecule has 0 bridgehead atoms. The van der Waals surface area contributed by atoms with Gasteiger partial charge in [0.15, 0.2) is 11.5 Å². The van der Waals surface area contributed by atoms with Crippen molar-refractivity contribution in [2.24, 2.45) is 5.73 Å². The molecule has 118 valence electrons. The zero-order chi connectivity index (χ0) is 15.3. The molecule has 0 saturated heterocycles. The van der Waals surface area contributed by atoms with Crippen LogP contribution in [-0.2, 0) is 0 Å². The Labute approximate surface area is 128 Å². The van der Waals surface area contributed by atoms with E-state index in [1.54, 1.807) is 6.92 Å². The number of hydrogen-bond acceptors (Lipinski definition) is 6. The number of nitrogens with one attached hydrogen (secondary N) is 1. The molecule has 0 spiro atoms. The third kappa shape index (κ3) is 4.47. The largest absolute Gasteiger partial charge is 0.493 e. The van der Waals surface area contributed by atoms with E-state index >= 15 is 0 Å². The fourth-order valence-corrected chi connectivity index (χ4v) is 1.56. The van der Waals surface area contributed by atoms with E-state index < -0.39 is 10.8 Å². The summed E-state index contributed by atoms with van der Waals surface area (Å²) in [6, 6.07) is 2.13. The number of nitrogens with zero attached hydrogens (tertiary/aromatic N) is 1. The molecule has 0 heterocycles. The number of amides is 1. The van der Waals surface area contributed by atoms with Gasteiger partial charge < -0.3 is 20.5 Å². The van der Waals surface area contributed by atoms with Gasteiger partial charge in [0, 0.05) is 18.7 Å². The molecular weight excluding hydrogens is 302 g/mol. The summed E-state index contributed by atoms with van der Waals surface area (Å²) in [5.41, 5.74) is 4.94. The van der Waals surface area contributed by atoms with E-state index in [2.05, 4.69) is 5.32 Å².